The van der Waals surface area contributed by atoms with Crippen LogP contribution in [0.15, 0.2) is 29.6 Å². The lowest BCUT2D eigenvalue weighted by Gasteiger charge is -2.19. The molecule has 0 saturated carbocycles. The predicted molar refractivity (Wildman–Crippen MR) is 104 cm³/mol. The first-order chi connectivity index (χ1) is 13.7. The number of hydrogen-bond donors (Lipinski definition) is 1. The van der Waals surface area contributed by atoms with E-state index in [1.165, 1.54) is 11.3 Å². The number of likely N-dealkylation sites (tertiary alicyclic amines) is 1. The van der Waals surface area contributed by atoms with Crippen LogP contribution in [-0.2, 0) is 4.79 Å². The summed E-state index contributed by atoms with van der Waals surface area (Å²) < 4.78 is 26.9. The summed E-state index contributed by atoms with van der Waals surface area (Å²) in [5.74, 6) is -4.46. The van der Waals surface area contributed by atoms with Crippen molar-refractivity contribution in [3.8, 4) is 6.07 Å². The molecule has 2 atom stereocenters. The van der Waals surface area contributed by atoms with Crippen LogP contribution in [0.25, 0.3) is 0 Å². The molecule has 2 amide bonds. The van der Waals surface area contributed by atoms with Gasteiger partial charge in [0, 0.05) is 22.7 Å². The number of alkyl halides is 2. The van der Waals surface area contributed by atoms with E-state index < -0.39 is 43.3 Å². The number of aromatic nitrogens is 1. The van der Waals surface area contributed by atoms with Crippen molar-refractivity contribution in [2.45, 2.75) is 31.2 Å². The average Bonchev–Trinajstić information content (AvgIpc) is 3.30. The lowest BCUT2D eigenvalue weighted by molar-refractivity contribution is -0.131. The number of nitriles is 1. The number of halogens is 3. The highest BCUT2D eigenvalue weighted by molar-refractivity contribution is 7.10. The lowest BCUT2D eigenvalue weighted by Crippen LogP contribution is -2.43. The molecule has 10 heteroatoms. The standard InChI is InChI=1S/C19H17ClF2N4O2S/c1-11(12-2-4-13(20)5-3-12)18-25-15(9-29-18)17(28)24-8-16(27)26-10-19(21,22)6-14(26)7-23/h2-5,9,11,14H,6,8,10H2,1H3,(H,24,28)/t11?,14-/m0/s1. The molecule has 1 aliphatic rings. The van der Waals surface area contributed by atoms with E-state index in [0.29, 0.717) is 10.0 Å². The third-order valence-corrected chi connectivity index (χ3v) is 5.91. The summed E-state index contributed by atoms with van der Waals surface area (Å²) >= 11 is 7.20. The molecule has 2 aromatic rings. The number of amides is 2. The number of nitrogens with one attached hydrogen (secondary N) is 1. The van der Waals surface area contributed by atoms with Gasteiger partial charge in [-0.1, -0.05) is 30.7 Å². The number of rotatable bonds is 5. The highest BCUT2D eigenvalue weighted by atomic mass is 35.5. The number of carbonyl (C=O) groups excluding carboxylic acids is 2. The first kappa shape index (κ1) is 21.1. The molecule has 152 valence electrons. The highest BCUT2D eigenvalue weighted by Gasteiger charge is 2.47. The van der Waals surface area contributed by atoms with Gasteiger partial charge in [-0.15, -0.1) is 11.3 Å². The zero-order valence-corrected chi connectivity index (χ0v) is 16.9. The second-order valence-corrected chi connectivity index (χ2v) is 8.08. The molecule has 1 saturated heterocycles. The summed E-state index contributed by atoms with van der Waals surface area (Å²) in [5.41, 5.74) is 1.13. The average molecular weight is 439 g/mol. The SMILES string of the molecule is CC(c1ccc(Cl)cc1)c1nc(C(=O)NCC(=O)N2CC(F)(F)C[C@H]2C#N)cs1. The van der Waals surface area contributed by atoms with E-state index in [1.807, 2.05) is 19.1 Å². The molecular formula is C19H17ClF2N4O2S. The minimum Gasteiger partial charge on any atom is -0.342 e. The summed E-state index contributed by atoms with van der Waals surface area (Å²) in [7, 11) is 0. The first-order valence-electron chi connectivity index (χ1n) is 8.76. The van der Waals surface area contributed by atoms with Crippen molar-refractivity contribution < 1.29 is 18.4 Å². The molecule has 2 heterocycles. The lowest BCUT2D eigenvalue weighted by atomic mass is 10.0. The fourth-order valence-electron chi connectivity index (χ4n) is 3.03. The van der Waals surface area contributed by atoms with E-state index in [4.69, 9.17) is 16.9 Å². The van der Waals surface area contributed by atoms with Gasteiger partial charge >= 0.3 is 0 Å². The monoisotopic (exact) mass is 438 g/mol. The molecule has 1 N–H and O–H groups in total. The van der Waals surface area contributed by atoms with Crippen LogP contribution in [0.4, 0.5) is 8.78 Å². The quantitative estimate of drug-likeness (QED) is 0.774. The molecule has 1 aromatic heterocycles. The van der Waals surface area contributed by atoms with Gasteiger partial charge in [-0.25, -0.2) is 13.8 Å². The van der Waals surface area contributed by atoms with Crippen molar-refractivity contribution in [2.24, 2.45) is 0 Å². The summed E-state index contributed by atoms with van der Waals surface area (Å²) in [6.45, 7) is 0.648. The summed E-state index contributed by atoms with van der Waals surface area (Å²) in [4.78, 5) is 29.6. The molecule has 0 aliphatic carbocycles. The molecule has 1 aromatic carbocycles. The Kier molecular flexibility index (Phi) is 6.15. The van der Waals surface area contributed by atoms with Gasteiger partial charge in [0.1, 0.15) is 16.7 Å². The second kappa shape index (κ2) is 8.43. The van der Waals surface area contributed by atoms with E-state index in [9.17, 15) is 18.4 Å². The van der Waals surface area contributed by atoms with Crippen LogP contribution in [0.5, 0.6) is 0 Å². The van der Waals surface area contributed by atoms with E-state index in [1.54, 1.807) is 23.6 Å². The van der Waals surface area contributed by atoms with Crippen molar-refractivity contribution in [1.82, 2.24) is 15.2 Å². The Balaban J connectivity index is 1.60. The summed E-state index contributed by atoms with van der Waals surface area (Å²) in [6.07, 6.45) is -0.693. The molecule has 1 aliphatic heterocycles. The van der Waals surface area contributed by atoms with E-state index in [2.05, 4.69) is 10.3 Å². The maximum absolute atomic E-state index is 13.4. The van der Waals surface area contributed by atoms with Crippen LogP contribution in [-0.4, -0.2) is 46.8 Å². The van der Waals surface area contributed by atoms with Crippen LogP contribution >= 0.6 is 22.9 Å². The molecule has 0 radical (unpaired) electrons. The van der Waals surface area contributed by atoms with Gasteiger partial charge < -0.3 is 10.2 Å². The maximum atomic E-state index is 13.4. The van der Waals surface area contributed by atoms with Gasteiger partial charge in [0.05, 0.1) is 19.2 Å². The predicted octanol–water partition coefficient (Wildman–Crippen LogP) is 3.44. The van der Waals surface area contributed by atoms with Crippen LogP contribution in [0.3, 0.4) is 0 Å². The van der Waals surface area contributed by atoms with Crippen LogP contribution in [0.2, 0.25) is 5.02 Å². The molecule has 29 heavy (non-hydrogen) atoms. The van der Waals surface area contributed by atoms with E-state index in [0.717, 1.165) is 10.5 Å². The molecule has 1 unspecified atom stereocenters. The fourth-order valence-corrected chi connectivity index (χ4v) is 4.04. The number of hydrogen-bond acceptors (Lipinski definition) is 5. The van der Waals surface area contributed by atoms with Crippen LogP contribution in [0, 0.1) is 11.3 Å². The van der Waals surface area contributed by atoms with Crippen LogP contribution in [0.1, 0.15) is 40.3 Å². The Morgan fingerprint density at radius 2 is 2.14 bits per heavy atom. The number of thiazole rings is 1. The number of nitrogens with zero attached hydrogens (tertiary/aromatic N) is 3. The van der Waals surface area contributed by atoms with Crippen molar-refractivity contribution >= 4 is 34.8 Å². The fraction of sp³-hybridized carbons (Fsp3) is 0.368. The molecule has 1 fully saturated rings. The van der Waals surface area contributed by atoms with Gasteiger partial charge in [0.2, 0.25) is 5.91 Å². The minimum atomic E-state index is -3.10. The maximum Gasteiger partial charge on any atom is 0.271 e. The van der Waals surface area contributed by atoms with Crippen LogP contribution < -0.4 is 5.32 Å². The van der Waals surface area contributed by atoms with Gasteiger partial charge in [-0.05, 0) is 17.7 Å². The number of carbonyl (C=O) groups is 2. The van der Waals surface area contributed by atoms with E-state index >= 15 is 0 Å². The Morgan fingerprint density at radius 1 is 1.45 bits per heavy atom. The summed E-state index contributed by atoms with van der Waals surface area (Å²) in [5, 5.41) is 14.3. The van der Waals surface area contributed by atoms with Crippen molar-refractivity contribution in [1.29, 1.82) is 5.26 Å². The normalized spacial score (nSPS) is 18.9. The van der Waals surface area contributed by atoms with Crippen molar-refractivity contribution in [3.05, 3.63) is 50.9 Å². The number of benzene rings is 1. The third-order valence-electron chi connectivity index (χ3n) is 4.63. The van der Waals surface area contributed by atoms with Gasteiger partial charge in [0.25, 0.3) is 11.8 Å². The zero-order valence-electron chi connectivity index (χ0n) is 15.4. The second-order valence-electron chi connectivity index (χ2n) is 6.75. The Labute approximate surface area is 175 Å². The Morgan fingerprint density at radius 3 is 2.79 bits per heavy atom. The van der Waals surface area contributed by atoms with Gasteiger partial charge in [-0.2, -0.15) is 5.26 Å². The Bertz CT molecular complexity index is 958. The summed E-state index contributed by atoms with van der Waals surface area (Å²) in [6, 6.07) is 7.81. The minimum absolute atomic E-state index is 0.0522. The molecular weight excluding hydrogens is 422 g/mol. The topological polar surface area (TPSA) is 86.1 Å². The zero-order chi connectivity index (χ0) is 21.2. The first-order valence-corrected chi connectivity index (χ1v) is 10.0. The largest absolute Gasteiger partial charge is 0.342 e. The van der Waals surface area contributed by atoms with Gasteiger partial charge in [0.15, 0.2) is 0 Å². The van der Waals surface area contributed by atoms with E-state index in [-0.39, 0.29) is 11.6 Å². The molecule has 0 spiro atoms. The molecule has 0 bridgehead atoms. The molecule has 3 rings (SSSR count). The van der Waals surface area contributed by atoms with Crippen molar-refractivity contribution in [2.75, 3.05) is 13.1 Å². The molecule has 6 nitrogen and oxygen atoms in total. The smallest absolute Gasteiger partial charge is 0.271 e. The van der Waals surface area contributed by atoms with Gasteiger partial charge in [-0.3, -0.25) is 9.59 Å². The third kappa shape index (κ3) is 4.89. The Hall–Kier alpha value is -2.57. The van der Waals surface area contributed by atoms with Crippen molar-refractivity contribution in [3.63, 3.8) is 0 Å². The highest BCUT2D eigenvalue weighted by Crippen LogP contribution is 2.31.